The summed E-state index contributed by atoms with van der Waals surface area (Å²) in [7, 11) is -3.98. The van der Waals surface area contributed by atoms with Crippen molar-refractivity contribution in [3.63, 3.8) is 0 Å². The monoisotopic (exact) mass is 419 g/mol. The molecule has 7 heteroatoms. The minimum absolute atomic E-state index is 0.0482. The normalized spacial score (nSPS) is 14.0. The van der Waals surface area contributed by atoms with Crippen LogP contribution in [0.25, 0.3) is 11.1 Å². The van der Waals surface area contributed by atoms with Crippen LogP contribution in [0.2, 0.25) is 0 Å². The van der Waals surface area contributed by atoms with Crippen molar-refractivity contribution < 1.29 is 22.2 Å². The third kappa shape index (κ3) is 3.75. The number of amides is 2. The number of imide groups is 1. The van der Waals surface area contributed by atoms with E-state index in [1.54, 1.807) is 48.5 Å². The second-order valence-corrected chi connectivity index (χ2v) is 8.32. The third-order valence-corrected chi connectivity index (χ3v) is 5.91. The van der Waals surface area contributed by atoms with Gasteiger partial charge in [0.2, 0.25) is 0 Å². The van der Waals surface area contributed by atoms with E-state index < -0.39 is 21.9 Å². The zero-order valence-electron chi connectivity index (χ0n) is 16.0. The van der Waals surface area contributed by atoms with Crippen molar-refractivity contribution in [3.05, 3.63) is 95.6 Å². The van der Waals surface area contributed by atoms with Crippen molar-refractivity contribution in [2.75, 3.05) is 0 Å². The van der Waals surface area contributed by atoms with E-state index in [9.17, 15) is 18.0 Å². The summed E-state index contributed by atoms with van der Waals surface area (Å²) in [5.41, 5.74) is 2.56. The summed E-state index contributed by atoms with van der Waals surface area (Å²) in [6.07, 6.45) is 0. The minimum atomic E-state index is -3.98. The van der Waals surface area contributed by atoms with Gasteiger partial charge in [0, 0.05) is 0 Å². The molecule has 150 valence electrons. The molecule has 4 rings (SSSR count). The van der Waals surface area contributed by atoms with E-state index in [0.717, 1.165) is 5.56 Å². The fourth-order valence-corrected chi connectivity index (χ4v) is 4.10. The van der Waals surface area contributed by atoms with E-state index in [-0.39, 0.29) is 21.8 Å². The molecule has 30 heavy (non-hydrogen) atoms. The Labute approximate surface area is 173 Å². The van der Waals surface area contributed by atoms with Crippen LogP contribution in [-0.2, 0) is 19.7 Å². The summed E-state index contributed by atoms with van der Waals surface area (Å²) < 4.78 is 30.1. The molecular formula is C23H17NO5S. The number of aryl methyl sites for hydroxylation is 1. The first-order valence-corrected chi connectivity index (χ1v) is 10.5. The molecule has 1 aliphatic rings. The molecule has 1 heterocycles. The van der Waals surface area contributed by atoms with E-state index in [1.807, 2.05) is 13.0 Å². The summed E-state index contributed by atoms with van der Waals surface area (Å²) in [5, 5.41) is 2.31. The molecule has 0 saturated heterocycles. The zero-order valence-corrected chi connectivity index (χ0v) is 16.8. The minimum Gasteiger partial charge on any atom is -0.379 e. The van der Waals surface area contributed by atoms with E-state index in [0.29, 0.717) is 11.1 Å². The SMILES string of the molecule is Cc1ccc(S(=O)(=O)Oc2ccc(C3=C(c4ccccc4)C(=O)NC3=O)cc2)cc1. The Kier molecular flexibility index (Phi) is 4.97. The molecular weight excluding hydrogens is 402 g/mol. The maximum absolute atomic E-state index is 12.4. The van der Waals surface area contributed by atoms with E-state index in [2.05, 4.69) is 5.32 Å². The van der Waals surface area contributed by atoms with E-state index >= 15 is 0 Å². The summed E-state index contributed by atoms with van der Waals surface area (Å²) in [6, 6.07) is 21.2. The van der Waals surface area contributed by atoms with Crippen LogP contribution < -0.4 is 9.50 Å². The molecule has 6 nitrogen and oxygen atoms in total. The van der Waals surface area contributed by atoms with Crippen LogP contribution in [0, 0.1) is 6.92 Å². The lowest BCUT2D eigenvalue weighted by molar-refractivity contribution is -0.122. The maximum atomic E-state index is 12.4. The Bertz CT molecular complexity index is 1260. The van der Waals surface area contributed by atoms with Gasteiger partial charge >= 0.3 is 10.1 Å². The Hall–Kier alpha value is -3.71. The first-order valence-electron chi connectivity index (χ1n) is 9.12. The largest absolute Gasteiger partial charge is 0.379 e. The summed E-state index contributed by atoms with van der Waals surface area (Å²) in [4.78, 5) is 24.7. The molecule has 0 radical (unpaired) electrons. The van der Waals surface area contributed by atoms with Gasteiger partial charge in [-0.15, -0.1) is 0 Å². The standard InChI is InChI=1S/C23H17NO5S/c1-15-7-13-19(14-8-15)30(27,28)29-18-11-9-17(10-12-18)21-20(22(25)24-23(21)26)16-5-3-2-4-6-16/h2-14H,1H3,(H,24,25,26). The van der Waals surface area contributed by atoms with Crippen LogP contribution in [0.5, 0.6) is 5.75 Å². The molecule has 0 aromatic heterocycles. The van der Waals surface area contributed by atoms with Crippen LogP contribution >= 0.6 is 0 Å². The predicted octanol–water partition coefficient (Wildman–Crippen LogP) is 3.33. The van der Waals surface area contributed by atoms with Gasteiger partial charge in [0.25, 0.3) is 11.8 Å². The average molecular weight is 419 g/mol. The van der Waals surface area contributed by atoms with Gasteiger partial charge in [-0.2, -0.15) is 8.42 Å². The van der Waals surface area contributed by atoms with Crippen LogP contribution in [-0.4, -0.2) is 20.2 Å². The number of hydrogen-bond donors (Lipinski definition) is 1. The average Bonchev–Trinajstić information content (AvgIpc) is 3.03. The van der Waals surface area contributed by atoms with Crippen LogP contribution in [0.1, 0.15) is 16.7 Å². The van der Waals surface area contributed by atoms with Gasteiger partial charge in [-0.1, -0.05) is 60.2 Å². The van der Waals surface area contributed by atoms with Crippen molar-refractivity contribution in [1.29, 1.82) is 0 Å². The second kappa shape index (κ2) is 7.61. The number of benzene rings is 3. The van der Waals surface area contributed by atoms with Gasteiger partial charge in [0.15, 0.2) is 0 Å². The first-order chi connectivity index (χ1) is 14.3. The van der Waals surface area contributed by atoms with Gasteiger partial charge in [-0.05, 0) is 42.3 Å². The number of rotatable bonds is 5. The van der Waals surface area contributed by atoms with Crippen molar-refractivity contribution >= 4 is 33.1 Å². The van der Waals surface area contributed by atoms with Gasteiger partial charge in [-0.25, -0.2) is 0 Å². The number of carbonyl (C=O) groups excluding carboxylic acids is 2. The zero-order chi connectivity index (χ0) is 21.3. The van der Waals surface area contributed by atoms with E-state index in [1.165, 1.54) is 24.3 Å². The molecule has 3 aromatic rings. The van der Waals surface area contributed by atoms with Crippen molar-refractivity contribution in [2.45, 2.75) is 11.8 Å². The molecule has 1 aliphatic heterocycles. The number of carbonyl (C=O) groups is 2. The Morgan fingerprint density at radius 3 is 1.80 bits per heavy atom. The summed E-state index contributed by atoms with van der Waals surface area (Å²) >= 11 is 0. The van der Waals surface area contributed by atoms with Gasteiger partial charge < -0.3 is 4.18 Å². The molecule has 0 unspecified atom stereocenters. The Morgan fingerprint density at radius 1 is 0.700 bits per heavy atom. The molecule has 3 aromatic carbocycles. The van der Waals surface area contributed by atoms with E-state index in [4.69, 9.17) is 4.18 Å². The highest BCUT2D eigenvalue weighted by atomic mass is 32.2. The highest BCUT2D eigenvalue weighted by Gasteiger charge is 2.32. The predicted molar refractivity (Wildman–Crippen MR) is 112 cm³/mol. The smallest absolute Gasteiger partial charge is 0.339 e. The lowest BCUT2D eigenvalue weighted by atomic mass is 9.96. The Balaban J connectivity index is 1.66. The topological polar surface area (TPSA) is 89.5 Å². The second-order valence-electron chi connectivity index (χ2n) is 6.77. The van der Waals surface area contributed by atoms with Gasteiger partial charge in [-0.3, -0.25) is 14.9 Å². The van der Waals surface area contributed by atoms with Crippen LogP contribution in [0.15, 0.2) is 83.8 Å². The summed E-state index contributed by atoms with van der Waals surface area (Å²) in [5.74, 6) is -0.866. The highest BCUT2D eigenvalue weighted by molar-refractivity contribution is 7.87. The maximum Gasteiger partial charge on any atom is 0.339 e. The molecule has 1 N–H and O–H groups in total. The fourth-order valence-electron chi connectivity index (χ4n) is 3.17. The molecule has 0 fully saturated rings. The molecule has 0 saturated carbocycles. The quantitative estimate of drug-likeness (QED) is 0.506. The molecule has 0 aliphatic carbocycles. The summed E-state index contributed by atoms with van der Waals surface area (Å²) in [6.45, 7) is 1.86. The van der Waals surface area contributed by atoms with Gasteiger partial charge in [0.1, 0.15) is 10.6 Å². The van der Waals surface area contributed by atoms with Gasteiger partial charge in [0.05, 0.1) is 11.1 Å². The van der Waals surface area contributed by atoms with Crippen molar-refractivity contribution in [2.24, 2.45) is 0 Å². The Morgan fingerprint density at radius 2 is 1.23 bits per heavy atom. The lowest BCUT2D eigenvalue weighted by Crippen LogP contribution is -2.22. The fraction of sp³-hybridized carbons (Fsp3) is 0.0435. The highest BCUT2D eigenvalue weighted by Crippen LogP contribution is 2.32. The molecule has 2 amide bonds. The van der Waals surface area contributed by atoms with Crippen LogP contribution in [0.4, 0.5) is 0 Å². The van der Waals surface area contributed by atoms with Crippen molar-refractivity contribution in [3.8, 4) is 5.75 Å². The lowest BCUT2D eigenvalue weighted by Gasteiger charge is -2.09. The molecule has 0 spiro atoms. The third-order valence-electron chi connectivity index (χ3n) is 4.65. The van der Waals surface area contributed by atoms with Crippen molar-refractivity contribution in [1.82, 2.24) is 5.32 Å². The molecule has 0 bridgehead atoms. The molecule has 0 atom stereocenters. The number of hydrogen-bond acceptors (Lipinski definition) is 5. The van der Waals surface area contributed by atoms with Crippen LogP contribution in [0.3, 0.4) is 0 Å². The first kappa shape index (κ1) is 19.6. The number of nitrogens with one attached hydrogen (secondary N) is 1.